The molecule has 1 aromatic rings. The number of nitrogens with zero attached hydrogens (tertiary/aromatic N) is 1. The lowest BCUT2D eigenvalue weighted by atomic mass is 10.1. The van der Waals surface area contributed by atoms with E-state index in [2.05, 4.69) is 0 Å². The van der Waals surface area contributed by atoms with Crippen LogP contribution < -0.4 is 0 Å². The maximum atomic E-state index is 12.0. The van der Waals surface area contributed by atoms with Gasteiger partial charge in [-0.25, -0.2) is 13.2 Å². The molecular weight excluding hydrogens is 306 g/mol. The molecule has 22 heavy (non-hydrogen) atoms. The number of hydrogen-bond donors (Lipinski definition) is 0. The standard InChI is InChI=1S/C15H19NO5S/c1-11-3-5-12(6-4-11)15(18)21-9-14(17)16(2)13-7-8-22(19,20)10-13/h3-6,13H,7-10H2,1-2H3/t13-/m0/s1. The van der Waals surface area contributed by atoms with Crippen LogP contribution in [0.25, 0.3) is 0 Å². The maximum absolute atomic E-state index is 12.0. The van der Waals surface area contributed by atoms with E-state index in [0.717, 1.165) is 5.56 Å². The van der Waals surface area contributed by atoms with Crippen LogP contribution >= 0.6 is 0 Å². The van der Waals surface area contributed by atoms with Crippen LogP contribution in [-0.4, -0.2) is 56.4 Å². The van der Waals surface area contributed by atoms with Crippen LogP contribution in [0.1, 0.15) is 22.3 Å². The van der Waals surface area contributed by atoms with Crippen molar-refractivity contribution in [3.05, 3.63) is 35.4 Å². The molecule has 0 spiro atoms. The van der Waals surface area contributed by atoms with Crippen molar-refractivity contribution >= 4 is 21.7 Å². The zero-order valence-electron chi connectivity index (χ0n) is 12.6. The second-order valence-electron chi connectivity index (χ2n) is 5.50. The SMILES string of the molecule is Cc1ccc(C(=O)OCC(=O)N(C)[C@H]2CCS(=O)(=O)C2)cc1. The molecule has 6 nitrogen and oxygen atoms in total. The smallest absolute Gasteiger partial charge is 0.338 e. The number of ether oxygens (including phenoxy) is 1. The highest BCUT2D eigenvalue weighted by Crippen LogP contribution is 2.16. The van der Waals surface area contributed by atoms with Crippen LogP contribution in [0, 0.1) is 6.92 Å². The van der Waals surface area contributed by atoms with E-state index in [1.165, 1.54) is 11.9 Å². The minimum atomic E-state index is -3.05. The van der Waals surface area contributed by atoms with E-state index in [1.54, 1.807) is 24.3 Å². The molecule has 1 aromatic carbocycles. The van der Waals surface area contributed by atoms with Crippen molar-refractivity contribution in [1.82, 2.24) is 4.90 Å². The first-order valence-electron chi connectivity index (χ1n) is 6.98. The van der Waals surface area contributed by atoms with Gasteiger partial charge in [0.15, 0.2) is 16.4 Å². The molecule has 0 radical (unpaired) electrons. The molecule has 2 rings (SSSR count). The Bertz CT molecular complexity index is 666. The molecule has 0 unspecified atom stereocenters. The summed E-state index contributed by atoms with van der Waals surface area (Å²) in [5, 5.41) is 0. The van der Waals surface area contributed by atoms with Gasteiger partial charge in [0.2, 0.25) is 0 Å². The quantitative estimate of drug-likeness (QED) is 0.765. The number of aryl methyl sites for hydroxylation is 1. The van der Waals surface area contributed by atoms with Gasteiger partial charge in [-0.3, -0.25) is 4.79 Å². The molecule has 1 saturated heterocycles. The van der Waals surface area contributed by atoms with E-state index in [4.69, 9.17) is 4.74 Å². The number of rotatable bonds is 4. The van der Waals surface area contributed by atoms with Gasteiger partial charge in [-0.2, -0.15) is 0 Å². The summed E-state index contributed by atoms with van der Waals surface area (Å²) < 4.78 is 27.8. The van der Waals surface area contributed by atoms with E-state index in [-0.39, 0.29) is 24.2 Å². The zero-order valence-corrected chi connectivity index (χ0v) is 13.4. The first kappa shape index (κ1) is 16.5. The van der Waals surface area contributed by atoms with Crippen LogP contribution in [0.15, 0.2) is 24.3 Å². The third kappa shape index (κ3) is 4.07. The average molecular weight is 325 g/mol. The Morgan fingerprint density at radius 1 is 1.27 bits per heavy atom. The van der Waals surface area contributed by atoms with Gasteiger partial charge >= 0.3 is 5.97 Å². The largest absolute Gasteiger partial charge is 0.452 e. The highest BCUT2D eigenvalue weighted by Gasteiger charge is 2.32. The Kier molecular flexibility index (Phi) is 4.85. The number of sulfone groups is 1. The van der Waals surface area contributed by atoms with Gasteiger partial charge in [0.05, 0.1) is 17.1 Å². The maximum Gasteiger partial charge on any atom is 0.338 e. The molecule has 1 fully saturated rings. The van der Waals surface area contributed by atoms with Crippen molar-refractivity contribution in [3.8, 4) is 0 Å². The molecule has 0 saturated carbocycles. The zero-order chi connectivity index (χ0) is 16.3. The van der Waals surface area contributed by atoms with E-state index < -0.39 is 21.7 Å². The lowest BCUT2D eigenvalue weighted by Crippen LogP contribution is -2.40. The van der Waals surface area contributed by atoms with Crippen LogP contribution in [0.5, 0.6) is 0 Å². The van der Waals surface area contributed by atoms with E-state index in [9.17, 15) is 18.0 Å². The topological polar surface area (TPSA) is 80.8 Å². The van der Waals surface area contributed by atoms with Gasteiger partial charge < -0.3 is 9.64 Å². The van der Waals surface area contributed by atoms with Gasteiger partial charge in [-0.15, -0.1) is 0 Å². The molecule has 1 aliphatic heterocycles. The normalized spacial score (nSPS) is 19.6. The van der Waals surface area contributed by atoms with Gasteiger partial charge in [0, 0.05) is 13.1 Å². The summed E-state index contributed by atoms with van der Waals surface area (Å²) in [7, 11) is -1.52. The number of carbonyl (C=O) groups is 2. The highest BCUT2D eigenvalue weighted by atomic mass is 32.2. The molecule has 7 heteroatoms. The lowest BCUT2D eigenvalue weighted by Gasteiger charge is -2.23. The summed E-state index contributed by atoms with van der Waals surface area (Å²) in [5.74, 6) is -0.900. The van der Waals surface area contributed by atoms with Crippen molar-refractivity contribution in [2.45, 2.75) is 19.4 Å². The van der Waals surface area contributed by atoms with Crippen molar-refractivity contribution < 1.29 is 22.7 Å². The summed E-state index contributed by atoms with van der Waals surface area (Å²) in [4.78, 5) is 25.2. The van der Waals surface area contributed by atoms with E-state index >= 15 is 0 Å². The third-order valence-corrected chi connectivity index (χ3v) is 5.51. The van der Waals surface area contributed by atoms with Crippen molar-refractivity contribution in [1.29, 1.82) is 0 Å². The minimum Gasteiger partial charge on any atom is -0.452 e. The molecule has 1 amide bonds. The number of esters is 1. The Labute approximate surface area is 130 Å². The first-order chi connectivity index (χ1) is 10.3. The van der Waals surface area contributed by atoms with Crippen LogP contribution in [-0.2, 0) is 19.4 Å². The van der Waals surface area contributed by atoms with Gasteiger partial charge in [-0.05, 0) is 25.5 Å². The summed E-state index contributed by atoms with van der Waals surface area (Å²) in [5.41, 5.74) is 1.40. The summed E-state index contributed by atoms with van der Waals surface area (Å²) in [6, 6.07) is 6.50. The number of carbonyl (C=O) groups excluding carboxylic acids is 2. The number of amides is 1. The van der Waals surface area contributed by atoms with Crippen molar-refractivity contribution in [2.24, 2.45) is 0 Å². The summed E-state index contributed by atoms with van der Waals surface area (Å²) >= 11 is 0. The van der Waals surface area contributed by atoms with Crippen LogP contribution in [0.2, 0.25) is 0 Å². The molecule has 0 N–H and O–H groups in total. The molecule has 0 bridgehead atoms. The van der Waals surface area contributed by atoms with Crippen LogP contribution in [0.4, 0.5) is 0 Å². The highest BCUT2D eigenvalue weighted by molar-refractivity contribution is 7.91. The van der Waals surface area contributed by atoms with E-state index in [1.807, 2.05) is 6.92 Å². The molecule has 0 aromatic heterocycles. The third-order valence-electron chi connectivity index (χ3n) is 3.76. The summed E-state index contributed by atoms with van der Waals surface area (Å²) in [6.07, 6.45) is 0.427. The molecule has 0 aliphatic carbocycles. The van der Waals surface area contributed by atoms with Crippen molar-refractivity contribution in [3.63, 3.8) is 0 Å². The lowest BCUT2D eigenvalue weighted by molar-refractivity contribution is -0.134. The fraction of sp³-hybridized carbons (Fsp3) is 0.467. The first-order valence-corrected chi connectivity index (χ1v) is 8.80. The van der Waals surface area contributed by atoms with Gasteiger partial charge in [0.1, 0.15) is 0 Å². The van der Waals surface area contributed by atoms with Crippen molar-refractivity contribution in [2.75, 3.05) is 25.2 Å². The Morgan fingerprint density at radius 3 is 2.45 bits per heavy atom. The fourth-order valence-electron chi connectivity index (χ4n) is 2.29. The molecular formula is C15H19NO5S. The Balaban J connectivity index is 1.87. The van der Waals surface area contributed by atoms with Gasteiger partial charge in [-0.1, -0.05) is 17.7 Å². The molecule has 1 heterocycles. The van der Waals surface area contributed by atoms with E-state index in [0.29, 0.717) is 12.0 Å². The number of likely N-dealkylation sites (N-methyl/N-ethyl adjacent to an activating group) is 1. The second-order valence-corrected chi connectivity index (χ2v) is 7.73. The van der Waals surface area contributed by atoms with Crippen LogP contribution in [0.3, 0.4) is 0 Å². The number of benzene rings is 1. The monoisotopic (exact) mass is 325 g/mol. The molecule has 1 atom stereocenters. The second kappa shape index (κ2) is 6.48. The Morgan fingerprint density at radius 2 is 1.91 bits per heavy atom. The summed E-state index contributed by atoms with van der Waals surface area (Å²) in [6.45, 7) is 1.52. The predicted octanol–water partition coefficient (Wildman–Crippen LogP) is 0.797. The number of hydrogen-bond acceptors (Lipinski definition) is 5. The molecule has 1 aliphatic rings. The minimum absolute atomic E-state index is 0.0266. The average Bonchev–Trinajstić information content (AvgIpc) is 2.84. The molecule has 120 valence electrons. The fourth-order valence-corrected chi connectivity index (χ4v) is 4.06. The van der Waals surface area contributed by atoms with Gasteiger partial charge in [0.25, 0.3) is 5.91 Å². The Hall–Kier alpha value is -1.89. The predicted molar refractivity (Wildman–Crippen MR) is 81.3 cm³/mol.